The molecule has 0 saturated carbocycles. The number of oxime groups is 1. The second kappa shape index (κ2) is 5.88. The van der Waals surface area contributed by atoms with Crippen LogP contribution in [-0.4, -0.2) is 21.0 Å². The highest BCUT2D eigenvalue weighted by Crippen LogP contribution is 2.23. The van der Waals surface area contributed by atoms with Gasteiger partial charge in [-0.2, -0.15) is 0 Å². The normalized spacial score (nSPS) is 11.9. The van der Waals surface area contributed by atoms with E-state index in [1.165, 1.54) is 0 Å². The second-order valence-electron chi connectivity index (χ2n) is 4.53. The van der Waals surface area contributed by atoms with E-state index in [0.29, 0.717) is 5.56 Å². The lowest BCUT2D eigenvalue weighted by atomic mass is 10.1. The maximum atomic E-state index is 8.63. The molecule has 0 aliphatic carbocycles. The molecular formula is C15H14N4OS. The van der Waals surface area contributed by atoms with Gasteiger partial charge in [-0.1, -0.05) is 53.3 Å². The predicted octanol–water partition coefficient (Wildman–Crippen LogP) is 2.95. The average Bonchev–Trinajstić information content (AvgIpc) is 2.95. The van der Waals surface area contributed by atoms with Gasteiger partial charge in [0.1, 0.15) is 0 Å². The van der Waals surface area contributed by atoms with Crippen LogP contribution in [0.4, 0.5) is 0 Å². The first-order chi connectivity index (χ1) is 10.3. The van der Waals surface area contributed by atoms with Gasteiger partial charge in [-0.15, -0.1) is 0 Å². The number of nitrogens with one attached hydrogen (secondary N) is 1. The number of benzene rings is 2. The van der Waals surface area contributed by atoms with Crippen LogP contribution in [0.2, 0.25) is 0 Å². The Balaban J connectivity index is 1.69. The Kier molecular flexibility index (Phi) is 3.79. The molecule has 21 heavy (non-hydrogen) atoms. The summed E-state index contributed by atoms with van der Waals surface area (Å²) >= 11 is 1.64. The van der Waals surface area contributed by atoms with Gasteiger partial charge >= 0.3 is 0 Å². The number of hydrogen-bond donors (Lipinski definition) is 3. The van der Waals surface area contributed by atoms with E-state index >= 15 is 0 Å². The van der Waals surface area contributed by atoms with Crippen molar-refractivity contribution < 1.29 is 5.21 Å². The zero-order chi connectivity index (χ0) is 14.7. The molecule has 0 aliphatic heterocycles. The Morgan fingerprint density at radius 3 is 2.67 bits per heavy atom. The van der Waals surface area contributed by atoms with E-state index in [1.807, 2.05) is 48.5 Å². The fourth-order valence-electron chi connectivity index (χ4n) is 1.98. The zero-order valence-electron chi connectivity index (χ0n) is 11.2. The van der Waals surface area contributed by atoms with E-state index < -0.39 is 0 Å². The van der Waals surface area contributed by atoms with Crippen molar-refractivity contribution in [3.63, 3.8) is 0 Å². The highest BCUT2D eigenvalue weighted by atomic mass is 32.2. The number of nitrogens with two attached hydrogens (primary N) is 1. The van der Waals surface area contributed by atoms with Crippen LogP contribution in [0.3, 0.4) is 0 Å². The SMILES string of the molecule is N/C(=N\O)c1ccc(CSc2nc3ccccc3[nH]2)cc1. The number of para-hydroxylation sites is 2. The molecule has 3 rings (SSSR count). The third-order valence-corrected chi connectivity index (χ3v) is 4.05. The van der Waals surface area contributed by atoms with Crippen LogP contribution < -0.4 is 5.73 Å². The molecule has 6 heteroatoms. The molecule has 0 saturated heterocycles. The lowest BCUT2D eigenvalue weighted by Crippen LogP contribution is -2.12. The number of aromatic nitrogens is 2. The van der Waals surface area contributed by atoms with Gasteiger partial charge in [-0.05, 0) is 17.7 Å². The number of thioether (sulfide) groups is 1. The predicted molar refractivity (Wildman–Crippen MR) is 84.6 cm³/mol. The number of rotatable bonds is 4. The standard InChI is InChI=1S/C15H14N4OS/c16-14(19-20)11-7-5-10(6-8-11)9-21-15-17-12-3-1-2-4-13(12)18-15/h1-8,20H,9H2,(H2,16,19)(H,17,18). The van der Waals surface area contributed by atoms with Gasteiger partial charge in [0.05, 0.1) is 11.0 Å². The summed E-state index contributed by atoms with van der Waals surface area (Å²) in [7, 11) is 0. The summed E-state index contributed by atoms with van der Waals surface area (Å²) in [6.07, 6.45) is 0. The Morgan fingerprint density at radius 2 is 1.95 bits per heavy atom. The fraction of sp³-hybridized carbons (Fsp3) is 0.0667. The number of hydrogen-bond acceptors (Lipinski definition) is 4. The summed E-state index contributed by atoms with van der Waals surface area (Å²) in [5, 5.41) is 12.5. The second-order valence-corrected chi connectivity index (χ2v) is 5.49. The van der Waals surface area contributed by atoms with E-state index in [1.54, 1.807) is 11.8 Å². The first kappa shape index (κ1) is 13.5. The first-order valence-corrected chi connectivity index (χ1v) is 7.39. The molecule has 0 amide bonds. The number of H-pyrrole nitrogens is 1. The van der Waals surface area contributed by atoms with Crippen LogP contribution in [-0.2, 0) is 5.75 Å². The topological polar surface area (TPSA) is 87.3 Å². The average molecular weight is 298 g/mol. The van der Waals surface area contributed by atoms with Crippen molar-refractivity contribution in [1.82, 2.24) is 9.97 Å². The summed E-state index contributed by atoms with van der Waals surface area (Å²) in [6.45, 7) is 0. The molecule has 0 bridgehead atoms. The van der Waals surface area contributed by atoms with Gasteiger partial charge in [0.2, 0.25) is 0 Å². The minimum Gasteiger partial charge on any atom is -0.409 e. The minimum atomic E-state index is 0.117. The third kappa shape index (κ3) is 3.00. The Labute approximate surface area is 125 Å². The van der Waals surface area contributed by atoms with Gasteiger partial charge in [0.25, 0.3) is 0 Å². The number of nitrogens with zero attached hydrogens (tertiary/aromatic N) is 2. The lowest BCUT2D eigenvalue weighted by Gasteiger charge is -2.02. The summed E-state index contributed by atoms with van der Waals surface area (Å²) in [6, 6.07) is 15.6. The summed E-state index contributed by atoms with van der Waals surface area (Å²) in [5.41, 5.74) is 9.40. The van der Waals surface area contributed by atoms with Crippen LogP contribution in [0.15, 0.2) is 58.8 Å². The number of aromatic amines is 1. The molecule has 0 aliphatic rings. The van der Waals surface area contributed by atoms with Crippen LogP contribution in [0.25, 0.3) is 11.0 Å². The first-order valence-electron chi connectivity index (χ1n) is 6.40. The molecule has 3 aromatic rings. The molecule has 0 radical (unpaired) electrons. The minimum absolute atomic E-state index is 0.117. The lowest BCUT2D eigenvalue weighted by molar-refractivity contribution is 0.318. The Bertz CT molecular complexity index is 747. The maximum Gasteiger partial charge on any atom is 0.170 e. The van der Waals surface area contributed by atoms with E-state index in [4.69, 9.17) is 10.9 Å². The van der Waals surface area contributed by atoms with Gasteiger partial charge in [0, 0.05) is 11.3 Å². The number of fused-ring (bicyclic) bond motifs is 1. The van der Waals surface area contributed by atoms with Gasteiger partial charge < -0.3 is 15.9 Å². The molecule has 0 atom stereocenters. The third-order valence-electron chi connectivity index (χ3n) is 3.10. The largest absolute Gasteiger partial charge is 0.409 e. The molecule has 2 aromatic carbocycles. The van der Waals surface area contributed by atoms with Crippen LogP contribution in [0.5, 0.6) is 0 Å². The molecule has 0 fully saturated rings. The monoisotopic (exact) mass is 298 g/mol. The van der Waals surface area contributed by atoms with Crippen LogP contribution >= 0.6 is 11.8 Å². The van der Waals surface area contributed by atoms with Crippen molar-refractivity contribution in [2.24, 2.45) is 10.9 Å². The van der Waals surface area contributed by atoms with Crippen molar-refractivity contribution >= 4 is 28.6 Å². The fourth-order valence-corrected chi connectivity index (χ4v) is 2.82. The molecule has 0 unspecified atom stereocenters. The molecule has 4 N–H and O–H groups in total. The van der Waals surface area contributed by atoms with Gasteiger partial charge in [-0.25, -0.2) is 4.98 Å². The van der Waals surface area contributed by atoms with Gasteiger partial charge in [-0.3, -0.25) is 0 Å². The summed E-state index contributed by atoms with van der Waals surface area (Å²) < 4.78 is 0. The molecular weight excluding hydrogens is 284 g/mol. The number of imidazole rings is 1. The number of amidine groups is 1. The molecule has 5 nitrogen and oxygen atoms in total. The van der Waals surface area contributed by atoms with Crippen LogP contribution in [0, 0.1) is 0 Å². The van der Waals surface area contributed by atoms with Crippen molar-refractivity contribution in [2.75, 3.05) is 0 Å². The molecule has 1 aromatic heterocycles. The van der Waals surface area contributed by atoms with E-state index in [0.717, 1.165) is 27.5 Å². The van der Waals surface area contributed by atoms with E-state index in [-0.39, 0.29) is 5.84 Å². The Hall–Kier alpha value is -2.47. The van der Waals surface area contributed by atoms with Crippen molar-refractivity contribution in [1.29, 1.82) is 0 Å². The summed E-state index contributed by atoms with van der Waals surface area (Å²) in [4.78, 5) is 7.81. The maximum absolute atomic E-state index is 8.63. The molecule has 0 spiro atoms. The van der Waals surface area contributed by atoms with E-state index in [2.05, 4.69) is 15.1 Å². The van der Waals surface area contributed by atoms with E-state index in [9.17, 15) is 0 Å². The van der Waals surface area contributed by atoms with Crippen molar-refractivity contribution in [3.8, 4) is 0 Å². The highest BCUT2D eigenvalue weighted by molar-refractivity contribution is 7.98. The Morgan fingerprint density at radius 1 is 1.19 bits per heavy atom. The molecule has 106 valence electrons. The quantitative estimate of drug-likeness (QED) is 0.227. The van der Waals surface area contributed by atoms with Gasteiger partial charge in [0.15, 0.2) is 11.0 Å². The highest BCUT2D eigenvalue weighted by Gasteiger charge is 2.04. The summed E-state index contributed by atoms with van der Waals surface area (Å²) in [5.74, 6) is 0.919. The zero-order valence-corrected chi connectivity index (χ0v) is 12.0. The van der Waals surface area contributed by atoms with Crippen molar-refractivity contribution in [2.45, 2.75) is 10.9 Å². The smallest absolute Gasteiger partial charge is 0.170 e. The van der Waals surface area contributed by atoms with Crippen LogP contribution in [0.1, 0.15) is 11.1 Å². The van der Waals surface area contributed by atoms with Crippen molar-refractivity contribution in [3.05, 3.63) is 59.7 Å². The molecule has 1 heterocycles.